The van der Waals surface area contributed by atoms with Crippen LogP contribution in [-0.4, -0.2) is 16.1 Å². The van der Waals surface area contributed by atoms with E-state index in [1.54, 1.807) is 0 Å². The number of ether oxygens (including phenoxy) is 1. The number of aromatic nitrogens is 2. The lowest BCUT2D eigenvalue weighted by atomic mass is 9.72. The minimum Gasteiger partial charge on any atom is -0.491 e. The molecule has 3 rings (SSSR count). The molecule has 2 aromatic rings. The summed E-state index contributed by atoms with van der Waals surface area (Å²) in [6.45, 7) is 8.44. The van der Waals surface area contributed by atoms with Crippen molar-refractivity contribution >= 4 is 5.82 Å². The fourth-order valence-corrected chi connectivity index (χ4v) is 3.13. The van der Waals surface area contributed by atoms with Crippen LogP contribution in [0.5, 0.6) is 5.75 Å². The van der Waals surface area contributed by atoms with Crippen molar-refractivity contribution in [3.05, 3.63) is 35.7 Å². The fraction of sp³-hybridized carbons (Fsp3) is 0.412. The predicted molar refractivity (Wildman–Crippen MR) is 84.4 cm³/mol. The van der Waals surface area contributed by atoms with E-state index < -0.39 is 0 Å². The zero-order valence-electron chi connectivity index (χ0n) is 13.0. The van der Waals surface area contributed by atoms with E-state index in [0.717, 1.165) is 29.0 Å². The molecule has 110 valence electrons. The number of rotatable bonds is 2. The van der Waals surface area contributed by atoms with Crippen LogP contribution < -0.4 is 10.5 Å². The van der Waals surface area contributed by atoms with Gasteiger partial charge in [0, 0.05) is 11.1 Å². The number of benzene rings is 1. The molecule has 1 aliphatic carbocycles. The van der Waals surface area contributed by atoms with Crippen molar-refractivity contribution in [3.63, 3.8) is 0 Å². The van der Waals surface area contributed by atoms with Crippen molar-refractivity contribution in [1.82, 2.24) is 9.97 Å². The smallest absolute Gasteiger partial charge is 0.131 e. The van der Waals surface area contributed by atoms with E-state index in [-0.39, 0.29) is 11.5 Å². The minimum atomic E-state index is -0.0792. The third-order valence-electron chi connectivity index (χ3n) is 3.89. The first-order chi connectivity index (χ1) is 9.88. The van der Waals surface area contributed by atoms with Crippen molar-refractivity contribution < 1.29 is 4.74 Å². The monoisotopic (exact) mass is 283 g/mol. The summed E-state index contributed by atoms with van der Waals surface area (Å²) in [6, 6.07) is 6.20. The summed E-state index contributed by atoms with van der Waals surface area (Å²) >= 11 is 0. The third-order valence-corrected chi connectivity index (χ3v) is 3.89. The van der Waals surface area contributed by atoms with Crippen LogP contribution in [0.3, 0.4) is 0 Å². The number of hydrogen-bond donors (Lipinski definition) is 1. The van der Waals surface area contributed by atoms with Gasteiger partial charge in [0.1, 0.15) is 17.9 Å². The molecule has 0 amide bonds. The first-order valence-electron chi connectivity index (χ1n) is 7.29. The molecule has 0 unspecified atom stereocenters. The van der Waals surface area contributed by atoms with E-state index in [0.29, 0.717) is 5.82 Å². The average Bonchev–Trinajstić information content (AvgIpc) is 2.36. The number of nitrogens with two attached hydrogens (primary N) is 1. The molecule has 0 bridgehead atoms. The molecule has 0 saturated heterocycles. The molecule has 4 heteroatoms. The third kappa shape index (κ3) is 2.35. The second-order valence-corrected chi connectivity index (χ2v) is 6.53. The van der Waals surface area contributed by atoms with Crippen LogP contribution in [-0.2, 0) is 11.8 Å². The molecule has 0 radical (unpaired) electrons. The van der Waals surface area contributed by atoms with Crippen molar-refractivity contribution in [1.29, 1.82) is 0 Å². The molecule has 2 N–H and O–H groups in total. The molecule has 0 saturated carbocycles. The Balaban J connectivity index is 2.16. The van der Waals surface area contributed by atoms with E-state index in [9.17, 15) is 0 Å². The van der Waals surface area contributed by atoms with Crippen LogP contribution >= 0.6 is 0 Å². The van der Waals surface area contributed by atoms with E-state index in [2.05, 4.69) is 35.9 Å². The molecule has 1 aromatic heterocycles. The van der Waals surface area contributed by atoms with Crippen LogP contribution in [0.15, 0.2) is 24.5 Å². The average molecular weight is 283 g/mol. The second kappa shape index (κ2) is 4.72. The molecule has 1 heterocycles. The zero-order chi connectivity index (χ0) is 15.2. The fourth-order valence-electron chi connectivity index (χ4n) is 3.13. The summed E-state index contributed by atoms with van der Waals surface area (Å²) in [6.07, 6.45) is 2.62. The van der Waals surface area contributed by atoms with Gasteiger partial charge in [-0.25, -0.2) is 9.97 Å². The standard InChI is InChI=1S/C17H21N3O/c1-10(2)21-12-5-6-13-11(7-12)8-17(3,4)14-15(13)19-9-20-16(14)18/h5-7,9-10H,8H2,1-4H3,(H2,18,19,20). The van der Waals surface area contributed by atoms with Gasteiger partial charge in [-0.1, -0.05) is 13.8 Å². The highest BCUT2D eigenvalue weighted by Crippen LogP contribution is 2.44. The lowest BCUT2D eigenvalue weighted by Crippen LogP contribution is -2.28. The molecule has 0 fully saturated rings. The van der Waals surface area contributed by atoms with Crippen LogP contribution in [0.1, 0.15) is 38.8 Å². The highest BCUT2D eigenvalue weighted by molar-refractivity contribution is 5.75. The molecular weight excluding hydrogens is 262 g/mol. The highest BCUT2D eigenvalue weighted by Gasteiger charge is 2.34. The molecule has 0 atom stereocenters. The zero-order valence-corrected chi connectivity index (χ0v) is 13.0. The molecule has 1 aliphatic rings. The van der Waals surface area contributed by atoms with E-state index in [4.69, 9.17) is 10.5 Å². The second-order valence-electron chi connectivity index (χ2n) is 6.53. The molecule has 21 heavy (non-hydrogen) atoms. The summed E-state index contributed by atoms with van der Waals surface area (Å²) in [4.78, 5) is 8.64. The van der Waals surface area contributed by atoms with Gasteiger partial charge in [0.25, 0.3) is 0 Å². The summed E-state index contributed by atoms with van der Waals surface area (Å²) in [7, 11) is 0. The lowest BCUT2D eigenvalue weighted by Gasteiger charge is -2.33. The largest absolute Gasteiger partial charge is 0.491 e. The molecule has 0 aliphatic heterocycles. The van der Waals surface area contributed by atoms with Crippen molar-refractivity contribution in [2.24, 2.45) is 0 Å². The molecule has 4 nitrogen and oxygen atoms in total. The Morgan fingerprint density at radius 2 is 2.00 bits per heavy atom. The number of fused-ring (bicyclic) bond motifs is 3. The number of anilines is 1. The van der Waals surface area contributed by atoms with E-state index >= 15 is 0 Å². The number of nitrogen functional groups attached to an aromatic ring is 1. The first-order valence-corrected chi connectivity index (χ1v) is 7.29. The molecular formula is C17H21N3O. The topological polar surface area (TPSA) is 61.0 Å². The first kappa shape index (κ1) is 13.9. The normalized spacial score (nSPS) is 15.5. The predicted octanol–water partition coefficient (Wildman–Crippen LogP) is 3.35. The van der Waals surface area contributed by atoms with Crippen LogP contribution in [0, 0.1) is 0 Å². The van der Waals surface area contributed by atoms with Crippen molar-refractivity contribution in [3.8, 4) is 17.0 Å². The number of hydrogen-bond acceptors (Lipinski definition) is 4. The van der Waals surface area contributed by atoms with Gasteiger partial charge in [-0.15, -0.1) is 0 Å². The summed E-state index contributed by atoms with van der Waals surface area (Å²) in [5.74, 6) is 1.49. The van der Waals surface area contributed by atoms with E-state index in [1.165, 1.54) is 11.9 Å². The molecule has 1 aromatic carbocycles. The highest BCUT2D eigenvalue weighted by atomic mass is 16.5. The Labute approximate surface area is 125 Å². The van der Waals surface area contributed by atoms with Crippen LogP contribution in [0.2, 0.25) is 0 Å². The lowest BCUT2D eigenvalue weighted by molar-refractivity contribution is 0.242. The minimum absolute atomic E-state index is 0.0792. The molecule has 0 spiro atoms. The van der Waals surface area contributed by atoms with Crippen LogP contribution in [0.25, 0.3) is 11.3 Å². The number of nitrogens with zero attached hydrogens (tertiary/aromatic N) is 2. The Morgan fingerprint density at radius 1 is 1.24 bits per heavy atom. The van der Waals surface area contributed by atoms with Gasteiger partial charge in [0.2, 0.25) is 0 Å². The van der Waals surface area contributed by atoms with Gasteiger partial charge >= 0.3 is 0 Å². The quantitative estimate of drug-likeness (QED) is 0.918. The Bertz CT molecular complexity index is 692. The van der Waals surface area contributed by atoms with Gasteiger partial charge in [0.05, 0.1) is 11.8 Å². The summed E-state index contributed by atoms with van der Waals surface area (Å²) < 4.78 is 5.80. The van der Waals surface area contributed by atoms with E-state index in [1.807, 2.05) is 19.9 Å². The maximum absolute atomic E-state index is 6.09. The van der Waals surface area contributed by atoms with Gasteiger partial charge in [0.15, 0.2) is 0 Å². The van der Waals surface area contributed by atoms with Crippen molar-refractivity contribution in [2.75, 3.05) is 5.73 Å². The Morgan fingerprint density at radius 3 is 2.71 bits per heavy atom. The SMILES string of the molecule is CC(C)Oc1ccc2c(c1)CC(C)(C)c1c(N)ncnc1-2. The summed E-state index contributed by atoms with van der Waals surface area (Å²) in [5.41, 5.74) is 10.4. The van der Waals surface area contributed by atoms with Crippen molar-refractivity contribution in [2.45, 2.75) is 45.6 Å². The van der Waals surface area contributed by atoms with Gasteiger partial charge in [-0.05, 0) is 49.4 Å². The van der Waals surface area contributed by atoms with Crippen LogP contribution in [0.4, 0.5) is 5.82 Å². The van der Waals surface area contributed by atoms with Gasteiger partial charge < -0.3 is 10.5 Å². The van der Waals surface area contributed by atoms with Gasteiger partial charge in [-0.3, -0.25) is 0 Å². The Hall–Kier alpha value is -2.10. The maximum Gasteiger partial charge on any atom is 0.131 e. The van der Waals surface area contributed by atoms with Gasteiger partial charge in [-0.2, -0.15) is 0 Å². The Kier molecular flexibility index (Phi) is 3.12. The summed E-state index contributed by atoms with van der Waals surface area (Å²) in [5, 5.41) is 0. The maximum atomic E-state index is 6.09.